The Morgan fingerprint density at radius 1 is 1.27 bits per heavy atom. The number of aliphatic hydroxyl groups is 1. The van der Waals surface area contributed by atoms with Gasteiger partial charge in [0.1, 0.15) is 6.61 Å². The first-order chi connectivity index (χ1) is 7.20. The van der Waals surface area contributed by atoms with Crippen molar-refractivity contribution in [3.8, 4) is 0 Å². The van der Waals surface area contributed by atoms with Gasteiger partial charge in [0.25, 0.3) is 5.91 Å². The van der Waals surface area contributed by atoms with E-state index in [1.54, 1.807) is 18.2 Å². The largest absolute Gasteiger partial charge is 0.387 e. The average molecular weight is 210 g/mol. The van der Waals surface area contributed by atoms with Crippen LogP contribution in [0.5, 0.6) is 0 Å². The molecule has 0 aliphatic rings. The molecule has 3 amide bonds. The summed E-state index contributed by atoms with van der Waals surface area (Å²) in [5.74, 6) is -0.826. The molecule has 6 nitrogen and oxygen atoms in total. The summed E-state index contributed by atoms with van der Waals surface area (Å²) in [5.41, 5.74) is 1.60. The predicted molar refractivity (Wildman–Crippen MR) is 51.3 cm³/mol. The molecule has 3 N–H and O–H groups in total. The van der Waals surface area contributed by atoms with Crippen molar-refractivity contribution >= 4 is 17.6 Å². The van der Waals surface area contributed by atoms with E-state index >= 15 is 0 Å². The van der Waals surface area contributed by atoms with Crippen molar-refractivity contribution in [2.45, 2.75) is 0 Å². The van der Waals surface area contributed by atoms with Crippen LogP contribution < -0.4 is 10.4 Å². The Kier molecular flexibility index (Phi) is 3.78. The van der Waals surface area contributed by atoms with Crippen LogP contribution in [-0.4, -0.2) is 28.9 Å². The summed E-state index contributed by atoms with van der Waals surface area (Å²) in [5, 5.41) is 17.1. The summed E-state index contributed by atoms with van der Waals surface area (Å²) in [7, 11) is 0. The van der Waals surface area contributed by atoms with Crippen LogP contribution in [-0.2, 0) is 4.79 Å². The van der Waals surface area contributed by atoms with Gasteiger partial charge in [-0.05, 0) is 12.1 Å². The van der Waals surface area contributed by atoms with Gasteiger partial charge in [0, 0.05) is 0 Å². The number of imide groups is 1. The zero-order valence-electron chi connectivity index (χ0n) is 7.75. The lowest BCUT2D eigenvalue weighted by atomic mass is 10.3. The van der Waals surface area contributed by atoms with E-state index < -0.39 is 18.5 Å². The molecular formula is C9H10N2O4. The zero-order valence-corrected chi connectivity index (χ0v) is 7.75. The van der Waals surface area contributed by atoms with Gasteiger partial charge in [-0.15, -0.1) is 0 Å². The van der Waals surface area contributed by atoms with Crippen LogP contribution in [0.1, 0.15) is 0 Å². The van der Waals surface area contributed by atoms with Crippen LogP contribution in [0.15, 0.2) is 30.3 Å². The van der Waals surface area contributed by atoms with Crippen LogP contribution in [0.4, 0.5) is 10.5 Å². The molecule has 0 fully saturated rings. The van der Waals surface area contributed by atoms with E-state index in [1.165, 1.54) is 17.6 Å². The first kappa shape index (κ1) is 11.2. The second-order valence-corrected chi connectivity index (χ2v) is 2.64. The Bertz CT molecular complexity index is 336. The highest BCUT2D eigenvalue weighted by Gasteiger charge is 2.21. The Balaban J connectivity index is 3.02. The van der Waals surface area contributed by atoms with Crippen molar-refractivity contribution in [3.05, 3.63) is 30.3 Å². The molecule has 0 aliphatic carbocycles. The highest BCUT2D eigenvalue weighted by atomic mass is 16.5. The molecule has 0 spiro atoms. The first-order valence-corrected chi connectivity index (χ1v) is 4.13. The van der Waals surface area contributed by atoms with E-state index in [-0.39, 0.29) is 5.69 Å². The number of benzene rings is 1. The molecule has 1 rings (SSSR count). The molecule has 15 heavy (non-hydrogen) atoms. The SMILES string of the molecule is O=C(CO)N(C(=O)NO)c1ccccc1. The van der Waals surface area contributed by atoms with Gasteiger partial charge in [0.15, 0.2) is 0 Å². The summed E-state index contributed by atoms with van der Waals surface area (Å²) in [6.45, 7) is -0.817. The maximum Gasteiger partial charge on any atom is 0.352 e. The average Bonchev–Trinajstić information content (AvgIpc) is 2.30. The Labute approximate surface area is 85.7 Å². The molecule has 1 aromatic rings. The van der Waals surface area contributed by atoms with Crippen molar-refractivity contribution in [1.82, 2.24) is 5.48 Å². The van der Waals surface area contributed by atoms with Gasteiger partial charge < -0.3 is 5.11 Å². The third-order valence-electron chi connectivity index (χ3n) is 1.70. The molecule has 0 aliphatic heterocycles. The van der Waals surface area contributed by atoms with Gasteiger partial charge in [-0.25, -0.2) is 15.2 Å². The molecule has 0 atom stereocenters. The first-order valence-electron chi connectivity index (χ1n) is 4.13. The highest BCUT2D eigenvalue weighted by molar-refractivity contribution is 6.14. The number of carbonyl (C=O) groups excluding carboxylic acids is 2. The number of hydrogen-bond acceptors (Lipinski definition) is 4. The maximum absolute atomic E-state index is 11.2. The van der Waals surface area contributed by atoms with Crippen molar-refractivity contribution in [1.29, 1.82) is 0 Å². The molecule has 0 heterocycles. The molecule has 0 radical (unpaired) electrons. The Morgan fingerprint density at radius 3 is 2.33 bits per heavy atom. The minimum absolute atomic E-state index is 0.267. The minimum Gasteiger partial charge on any atom is -0.387 e. The van der Waals surface area contributed by atoms with Gasteiger partial charge in [-0.3, -0.25) is 10.0 Å². The number of hydrogen-bond donors (Lipinski definition) is 3. The predicted octanol–water partition coefficient (Wildman–Crippen LogP) is 0.111. The monoisotopic (exact) mass is 210 g/mol. The fraction of sp³-hybridized carbons (Fsp3) is 0.111. The Hall–Kier alpha value is -1.92. The van der Waals surface area contributed by atoms with Gasteiger partial charge in [-0.1, -0.05) is 18.2 Å². The zero-order chi connectivity index (χ0) is 11.3. The number of nitrogens with one attached hydrogen (secondary N) is 1. The van der Waals surface area contributed by atoms with Crippen LogP contribution >= 0.6 is 0 Å². The van der Waals surface area contributed by atoms with Crippen LogP contribution in [0.2, 0.25) is 0 Å². The number of anilines is 1. The van der Waals surface area contributed by atoms with E-state index in [9.17, 15) is 9.59 Å². The van der Waals surface area contributed by atoms with Crippen LogP contribution in [0.3, 0.4) is 0 Å². The lowest BCUT2D eigenvalue weighted by Gasteiger charge is -2.18. The number of hydroxylamine groups is 1. The molecule has 80 valence electrons. The molecule has 0 unspecified atom stereocenters. The summed E-state index contributed by atoms with van der Waals surface area (Å²) < 4.78 is 0. The fourth-order valence-electron chi connectivity index (χ4n) is 1.07. The van der Waals surface area contributed by atoms with Crippen LogP contribution in [0, 0.1) is 0 Å². The van der Waals surface area contributed by atoms with E-state index in [4.69, 9.17) is 10.3 Å². The number of aliphatic hydroxyl groups excluding tert-OH is 1. The van der Waals surface area contributed by atoms with E-state index in [1.807, 2.05) is 0 Å². The molecule has 0 bridgehead atoms. The van der Waals surface area contributed by atoms with E-state index in [0.29, 0.717) is 4.90 Å². The number of rotatable bonds is 2. The maximum atomic E-state index is 11.2. The lowest BCUT2D eigenvalue weighted by Crippen LogP contribution is -2.44. The standard InChI is InChI=1S/C9H10N2O4/c12-6-8(13)11(9(14)10-15)7-4-2-1-3-5-7/h1-5,12,15H,6H2,(H,10,14). The van der Waals surface area contributed by atoms with Gasteiger partial charge in [0.05, 0.1) is 5.69 Å². The fourth-order valence-corrected chi connectivity index (χ4v) is 1.07. The molecular weight excluding hydrogens is 200 g/mol. The number of amides is 3. The second kappa shape index (κ2) is 5.08. The quantitative estimate of drug-likeness (QED) is 0.477. The molecule has 1 aromatic carbocycles. The Morgan fingerprint density at radius 2 is 1.87 bits per heavy atom. The summed E-state index contributed by atoms with van der Waals surface area (Å²) in [6, 6.07) is 6.95. The third kappa shape index (κ3) is 2.52. The van der Waals surface area contributed by atoms with Gasteiger partial charge >= 0.3 is 6.03 Å². The third-order valence-corrected chi connectivity index (χ3v) is 1.70. The van der Waals surface area contributed by atoms with E-state index in [2.05, 4.69) is 0 Å². The number of para-hydroxylation sites is 1. The smallest absolute Gasteiger partial charge is 0.352 e. The van der Waals surface area contributed by atoms with Crippen molar-refractivity contribution < 1.29 is 19.9 Å². The summed E-state index contributed by atoms with van der Waals surface area (Å²) in [4.78, 5) is 23.0. The van der Waals surface area contributed by atoms with Gasteiger partial charge in [0.2, 0.25) is 0 Å². The normalized spacial score (nSPS) is 9.47. The molecule has 0 saturated heterocycles. The number of nitrogens with zero attached hydrogens (tertiary/aromatic N) is 1. The number of urea groups is 1. The van der Waals surface area contributed by atoms with Crippen LogP contribution in [0.25, 0.3) is 0 Å². The number of carbonyl (C=O) groups is 2. The lowest BCUT2D eigenvalue weighted by molar-refractivity contribution is -0.120. The molecule has 6 heteroatoms. The molecule has 0 saturated carbocycles. The molecule has 0 aromatic heterocycles. The second-order valence-electron chi connectivity index (χ2n) is 2.64. The summed E-state index contributed by atoms with van der Waals surface area (Å²) >= 11 is 0. The summed E-state index contributed by atoms with van der Waals surface area (Å²) in [6.07, 6.45) is 0. The highest BCUT2D eigenvalue weighted by Crippen LogP contribution is 2.13. The van der Waals surface area contributed by atoms with Crippen molar-refractivity contribution in [2.24, 2.45) is 0 Å². The topological polar surface area (TPSA) is 89.9 Å². The van der Waals surface area contributed by atoms with E-state index in [0.717, 1.165) is 0 Å². The van der Waals surface area contributed by atoms with Crippen molar-refractivity contribution in [3.63, 3.8) is 0 Å². The van der Waals surface area contributed by atoms with Gasteiger partial charge in [-0.2, -0.15) is 0 Å². The minimum atomic E-state index is -1.01. The van der Waals surface area contributed by atoms with Crippen molar-refractivity contribution in [2.75, 3.05) is 11.5 Å².